The van der Waals surface area contributed by atoms with E-state index in [0.717, 1.165) is 0 Å². The third-order valence-electron chi connectivity index (χ3n) is 4.61. The van der Waals surface area contributed by atoms with Crippen LogP contribution in [0.5, 0.6) is 0 Å². The molecule has 1 aromatic heterocycles. The van der Waals surface area contributed by atoms with Crippen LogP contribution in [0.1, 0.15) is 24.2 Å². The Balaban J connectivity index is 1.66. The number of hydrogen-bond donors (Lipinski definition) is 2. The van der Waals surface area contributed by atoms with E-state index in [1.807, 2.05) is 0 Å². The molecular formula is C17H21ClN4O3S. The summed E-state index contributed by atoms with van der Waals surface area (Å²) in [6.45, 7) is 3.96. The first-order valence-corrected chi connectivity index (χ1v) is 10.2. The average Bonchev–Trinajstić information content (AvgIpc) is 2.96. The Morgan fingerprint density at radius 2 is 1.92 bits per heavy atom. The number of amides is 1. The molecule has 2 heterocycles. The minimum atomic E-state index is -3.61. The van der Waals surface area contributed by atoms with Gasteiger partial charge in [0.1, 0.15) is 4.90 Å². The molecule has 0 aliphatic carbocycles. The second-order valence-corrected chi connectivity index (χ2v) is 8.69. The van der Waals surface area contributed by atoms with E-state index in [-0.39, 0.29) is 16.7 Å². The van der Waals surface area contributed by atoms with Crippen LogP contribution in [0, 0.1) is 19.8 Å². The number of nitrogens with zero attached hydrogens (tertiary/aromatic N) is 2. The number of benzene rings is 1. The first-order valence-electron chi connectivity index (χ1n) is 8.38. The van der Waals surface area contributed by atoms with E-state index in [2.05, 4.69) is 15.5 Å². The molecule has 1 aliphatic rings. The fourth-order valence-electron chi connectivity index (χ4n) is 3.21. The van der Waals surface area contributed by atoms with Gasteiger partial charge in [-0.05, 0) is 38.8 Å². The molecule has 3 rings (SSSR count). The van der Waals surface area contributed by atoms with Gasteiger partial charge in [0.15, 0.2) is 0 Å². The maximum Gasteiger partial charge on any atom is 0.246 e. The molecule has 2 N–H and O–H groups in total. The van der Waals surface area contributed by atoms with E-state index in [1.165, 1.54) is 4.31 Å². The molecule has 1 aromatic carbocycles. The molecule has 1 amide bonds. The fraction of sp³-hybridized carbons (Fsp3) is 0.412. The third-order valence-corrected chi connectivity index (χ3v) is 7.11. The van der Waals surface area contributed by atoms with Gasteiger partial charge >= 0.3 is 0 Å². The summed E-state index contributed by atoms with van der Waals surface area (Å²) in [4.78, 5) is 12.7. The molecule has 2 aromatic rings. The van der Waals surface area contributed by atoms with Crippen molar-refractivity contribution in [2.24, 2.45) is 5.92 Å². The van der Waals surface area contributed by atoms with Gasteiger partial charge in [-0.3, -0.25) is 9.89 Å². The predicted octanol–water partition coefficient (Wildman–Crippen LogP) is 2.72. The van der Waals surface area contributed by atoms with E-state index in [1.54, 1.807) is 38.1 Å². The number of para-hydroxylation sites is 1. The monoisotopic (exact) mass is 396 g/mol. The predicted molar refractivity (Wildman–Crippen MR) is 99.6 cm³/mol. The van der Waals surface area contributed by atoms with Crippen molar-refractivity contribution in [3.63, 3.8) is 0 Å². The number of rotatable bonds is 4. The van der Waals surface area contributed by atoms with Crippen molar-refractivity contribution in [3.05, 3.63) is 40.7 Å². The van der Waals surface area contributed by atoms with Gasteiger partial charge in [0.05, 0.1) is 22.1 Å². The highest BCUT2D eigenvalue weighted by atomic mass is 35.5. The molecule has 1 aliphatic heterocycles. The number of halogens is 1. The van der Waals surface area contributed by atoms with Crippen molar-refractivity contribution in [1.29, 1.82) is 0 Å². The maximum atomic E-state index is 12.9. The zero-order valence-corrected chi connectivity index (χ0v) is 16.2. The molecule has 140 valence electrons. The first kappa shape index (κ1) is 18.9. The summed E-state index contributed by atoms with van der Waals surface area (Å²) in [5, 5.41) is 9.98. The summed E-state index contributed by atoms with van der Waals surface area (Å²) < 4.78 is 27.1. The van der Waals surface area contributed by atoms with Gasteiger partial charge in [-0.15, -0.1) is 0 Å². The van der Waals surface area contributed by atoms with Gasteiger partial charge in [-0.2, -0.15) is 9.40 Å². The number of anilines is 1. The van der Waals surface area contributed by atoms with Crippen LogP contribution in [-0.2, 0) is 14.8 Å². The second kappa shape index (κ2) is 7.38. The lowest BCUT2D eigenvalue weighted by Crippen LogP contribution is -2.41. The number of hydrogen-bond acceptors (Lipinski definition) is 4. The number of piperidine rings is 1. The molecule has 9 heteroatoms. The Hall–Kier alpha value is -1.90. The molecule has 7 nitrogen and oxygen atoms in total. The topological polar surface area (TPSA) is 95.2 Å². The Morgan fingerprint density at radius 1 is 1.27 bits per heavy atom. The van der Waals surface area contributed by atoms with Crippen LogP contribution in [0.15, 0.2) is 29.2 Å². The molecule has 1 saturated heterocycles. The van der Waals surface area contributed by atoms with Crippen LogP contribution in [0.3, 0.4) is 0 Å². The number of carbonyl (C=O) groups is 1. The minimum absolute atomic E-state index is 0.133. The van der Waals surface area contributed by atoms with Crippen molar-refractivity contribution in [1.82, 2.24) is 14.5 Å². The molecule has 0 radical (unpaired) electrons. The first-order chi connectivity index (χ1) is 12.3. The van der Waals surface area contributed by atoms with Crippen LogP contribution < -0.4 is 5.32 Å². The van der Waals surface area contributed by atoms with Crippen molar-refractivity contribution >= 4 is 33.2 Å². The number of nitrogens with one attached hydrogen (secondary N) is 2. The maximum absolute atomic E-state index is 12.9. The number of H-pyrrole nitrogens is 1. The standard InChI is InChI=1S/C17H21ClN4O3S/c1-11-16(12(2)21-20-11)26(24,25)22-9-7-13(8-10-22)17(23)19-15-6-4-3-5-14(15)18/h3-6,13H,7-10H2,1-2H3,(H,19,23)(H,20,21). The highest BCUT2D eigenvalue weighted by Crippen LogP contribution is 2.28. The smallest absolute Gasteiger partial charge is 0.246 e. The van der Waals surface area contributed by atoms with E-state index in [4.69, 9.17) is 11.6 Å². The molecule has 26 heavy (non-hydrogen) atoms. The zero-order valence-electron chi connectivity index (χ0n) is 14.6. The van der Waals surface area contributed by atoms with Gasteiger partial charge in [0.2, 0.25) is 15.9 Å². The van der Waals surface area contributed by atoms with E-state index in [9.17, 15) is 13.2 Å². The van der Waals surface area contributed by atoms with Gasteiger partial charge in [-0.25, -0.2) is 8.42 Å². The van der Waals surface area contributed by atoms with E-state index >= 15 is 0 Å². The summed E-state index contributed by atoms with van der Waals surface area (Å²) in [7, 11) is -3.61. The van der Waals surface area contributed by atoms with Crippen LogP contribution in [0.2, 0.25) is 5.02 Å². The molecular weight excluding hydrogens is 376 g/mol. The van der Waals surface area contributed by atoms with Crippen molar-refractivity contribution in [2.75, 3.05) is 18.4 Å². The van der Waals surface area contributed by atoms with Gasteiger partial charge in [0.25, 0.3) is 0 Å². The SMILES string of the molecule is Cc1n[nH]c(C)c1S(=O)(=O)N1CCC(C(=O)Nc2ccccc2Cl)CC1. The van der Waals surface area contributed by atoms with Gasteiger partial charge in [-0.1, -0.05) is 23.7 Å². The van der Waals surface area contributed by atoms with Crippen LogP contribution in [-0.4, -0.2) is 41.9 Å². The summed E-state index contributed by atoms with van der Waals surface area (Å²) in [5.41, 5.74) is 1.56. The minimum Gasteiger partial charge on any atom is -0.325 e. The summed E-state index contributed by atoms with van der Waals surface area (Å²) >= 11 is 6.07. The van der Waals surface area contributed by atoms with Gasteiger partial charge < -0.3 is 5.32 Å². The molecule has 0 saturated carbocycles. The van der Waals surface area contributed by atoms with Crippen molar-refractivity contribution < 1.29 is 13.2 Å². The summed E-state index contributed by atoms with van der Waals surface area (Å²) in [5.74, 6) is -0.380. The normalized spacial score (nSPS) is 16.6. The van der Waals surface area contributed by atoms with Gasteiger partial charge in [0, 0.05) is 19.0 Å². The molecule has 1 fully saturated rings. The number of aromatic nitrogens is 2. The number of sulfonamides is 1. The largest absolute Gasteiger partial charge is 0.325 e. The van der Waals surface area contributed by atoms with Crippen molar-refractivity contribution in [2.45, 2.75) is 31.6 Å². The molecule has 0 bridgehead atoms. The lowest BCUT2D eigenvalue weighted by molar-refractivity contribution is -0.120. The van der Waals surface area contributed by atoms with Crippen molar-refractivity contribution in [3.8, 4) is 0 Å². The molecule has 0 unspecified atom stereocenters. The molecule has 0 atom stereocenters. The van der Waals surface area contributed by atoms with E-state index in [0.29, 0.717) is 48.0 Å². The number of aromatic amines is 1. The Bertz CT molecular complexity index is 898. The Kier molecular flexibility index (Phi) is 5.36. The highest BCUT2D eigenvalue weighted by Gasteiger charge is 2.34. The zero-order chi connectivity index (χ0) is 18.9. The third kappa shape index (κ3) is 3.62. The summed E-state index contributed by atoms with van der Waals surface area (Å²) in [6.07, 6.45) is 0.928. The molecule has 0 spiro atoms. The van der Waals surface area contributed by atoms with E-state index < -0.39 is 10.0 Å². The van der Waals surface area contributed by atoms with Crippen LogP contribution >= 0.6 is 11.6 Å². The lowest BCUT2D eigenvalue weighted by Gasteiger charge is -2.30. The van der Waals surface area contributed by atoms with Crippen LogP contribution in [0.25, 0.3) is 0 Å². The second-order valence-electron chi connectivity index (χ2n) is 6.41. The Labute approximate surface area is 157 Å². The average molecular weight is 397 g/mol. The highest BCUT2D eigenvalue weighted by molar-refractivity contribution is 7.89. The quantitative estimate of drug-likeness (QED) is 0.830. The number of carbonyl (C=O) groups excluding carboxylic acids is 1. The fourth-order valence-corrected chi connectivity index (χ4v) is 5.19. The number of aryl methyl sites for hydroxylation is 2. The summed E-state index contributed by atoms with van der Waals surface area (Å²) in [6, 6.07) is 7.04. The van der Waals surface area contributed by atoms with Crippen LogP contribution in [0.4, 0.5) is 5.69 Å². The Morgan fingerprint density at radius 3 is 2.50 bits per heavy atom. The lowest BCUT2D eigenvalue weighted by atomic mass is 9.97.